The average Bonchev–Trinajstić information content (AvgIpc) is 2.34. The van der Waals surface area contributed by atoms with E-state index >= 15 is 0 Å². The van der Waals surface area contributed by atoms with Gasteiger partial charge in [0.25, 0.3) is 0 Å². The van der Waals surface area contributed by atoms with Crippen LogP contribution in [0.2, 0.25) is 0 Å². The molecule has 1 aromatic carbocycles. The van der Waals surface area contributed by atoms with Gasteiger partial charge in [-0.05, 0) is 30.5 Å². The highest BCUT2D eigenvalue weighted by Gasteiger charge is 2.34. The summed E-state index contributed by atoms with van der Waals surface area (Å²) >= 11 is 0. The Morgan fingerprint density at radius 1 is 1.37 bits per heavy atom. The van der Waals surface area contributed by atoms with Crippen molar-refractivity contribution in [2.24, 2.45) is 0 Å². The molecule has 0 saturated carbocycles. The summed E-state index contributed by atoms with van der Waals surface area (Å²) < 4.78 is 31.7. The largest absolute Gasteiger partial charge is 0.389 e. The summed E-state index contributed by atoms with van der Waals surface area (Å²) in [6.07, 6.45) is 3.42. The SMILES string of the molecule is CCCC1CC(O)(Cc2ccc(F)c(F)c2)CCO1. The molecule has 1 heterocycles. The number of halogens is 2. The standard InChI is InChI=1S/C15H20F2O2/c1-2-3-12-10-15(18,6-7-19-12)9-11-4-5-13(16)14(17)8-11/h4-5,8,12,18H,2-3,6-7,9-10H2,1H3. The van der Waals surface area contributed by atoms with E-state index in [0.29, 0.717) is 31.4 Å². The number of rotatable bonds is 4. The van der Waals surface area contributed by atoms with Gasteiger partial charge in [-0.1, -0.05) is 19.4 Å². The third-order valence-electron chi connectivity index (χ3n) is 3.66. The van der Waals surface area contributed by atoms with Gasteiger partial charge >= 0.3 is 0 Å². The summed E-state index contributed by atoms with van der Waals surface area (Å²) in [4.78, 5) is 0. The lowest BCUT2D eigenvalue weighted by Crippen LogP contribution is -2.42. The van der Waals surface area contributed by atoms with Crippen molar-refractivity contribution in [3.05, 3.63) is 35.4 Å². The zero-order chi connectivity index (χ0) is 13.9. The molecule has 2 unspecified atom stereocenters. The van der Waals surface area contributed by atoms with Crippen LogP contribution < -0.4 is 0 Å². The smallest absolute Gasteiger partial charge is 0.159 e. The molecule has 4 heteroatoms. The number of benzene rings is 1. The van der Waals surface area contributed by atoms with Crippen molar-refractivity contribution >= 4 is 0 Å². The molecule has 0 radical (unpaired) electrons. The highest BCUT2D eigenvalue weighted by atomic mass is 19.2. The molecular formula is C15H20F2O2. The lowest BCUT2D eigenvalue weighted by Gasteiger charge is -2.37. The molecule has 2 rings (SSSR count). The third kappa shape index (κ3) is 3.74. The van der Waals surface area contributed by atoms with Crippen LogP contribution in [0.15, 0.2) is 18.2 Å². The van der Waals surface area contributed by atoms with Crippen LogP contribution in [0.25, 0.3) is 0 Å². The fourth-order valence-corrected chi connectivity index (χ4v) is 2.70. The van der Waals surface area contributed by atoms with Crippen molar-refractivity contribution in [3.8, 4) is 0 Å². The summed E-state index contributed by atoms with van der Waals surface area (Å²) in [6, 6.07) is 3.80. The van der Waals surface area contributed by atoms with Gasteiger partial charge in [0, 0.05) is 19.4 Å². The van der Waals surface area contributed by atoms with Crippen LogP contribution in [-0.4, -0.2) is 23.4 Å². The minimum absolute atomic E-state index is 0.0639. The second kappa shape index (κ2) is 5.97. The second-order valence-electron chi connectivity index (χ2n) is 5.39. The van der Waals surface area contributed by atoms with E-state index in [0.717, 1.165) is 25.0 Å². The van der Waals surface area contributed by atoms with Crippen LogP contribution in [0.1, 0.15) is 38.2 Å². The molecule has 0 aromatic heterocycles. The molecule has 0 amide bonds. The Bertz CT molecular complexity index is 434. The van der Waals surface area contributed by atoms with Crippen molar-refractivity contribution < 1.29 is 18.6 Å². The van der Waals surface area contributed by atoms with E-state index in [1.807, 2.05) is 0 Å². The molecule has 0 spiro atoms. The summed E-state index contributed by atoms with van der Waals surface area (Å²) in [5.74, 6) is -1.72. The second-order valence-corrected chi connectivity index (χ2v) is 5.39. The Hall–Kier alpha value is -1.00. The predicted molar refractivity (Wildman–Crippen MR) is 68.9 cm³/mol. The molecule has 1 fully saturated rings. The topological polar surface area (TPSA) is 29.5 Å². The van der Waals surface area contributed by atoms with Gasteiger partial charge in [0.05, 0.1) is 11.7 Å². The molecule has 1 saturated heterocycles. The Morgan fingerprint density at radius 3 is 2.84 bits per heavy atom. The molecule has 1 aliphatic rings. The Balaban J connectivity index is 2.05. The Morgan fingerprint density at radius 2 is 2.16 bits per heavy atom. The van der Waals surface area contributed by atoms with Gasteiger partial charge in [-0.2, -0.15) is 0 Å². The molecular weight excluding hydrogens is 250 g/mol. The van der Waals surface area contributed by atoms with Gasteiger partial charge in [-0.25, -0.2) is 8.78 Å². The highest BCUT2D eigenvalue weighted by molar-refractivity contribution is 5.20. The molecule has 106 valence electrons. The van der Waals surface area contributed by atoms with Crippen molar-refractivity contribution in [2.45, 2.75) is 50.7 Å². The fraction of sp³-hybridized carbons (Fsp3) is 0.600. The molecule has 1 aliphatic heterocycles. The maximum Gasteiger partial charge on any atom is 0.159 e. The summed E-state index contributed by atoms with van der Waals surface area (Å²) in [6.45, 7) is 2.59. The first-order valence-corrected chi connectivity index (χ1v) is 6.80. The molecule has 1 aromatic rings. The van der Waals surface area contributed by atoms with E-state index in [-0.39, 0.29) is 6.10 Å². The fourth-order valence-electron chi connectivity index (χ4n) is 2.70. The maximum atomic E-state index is 13.2. The van der Waals surface area contributed by atoms with Crippen LogP contribution in [0, 0.1) is 11.6 Å². The minimum Gasteiger partial charge on any atom is -0.389 e. The van der Waals surface area contributed by atoms with Crippen LogP contribution >= 0.6 is 0 Å². The lowest BCUT2D eigenvalue weighted by molar-refractivity contribution is -0.105. The van der Waals surface area contributed by atoms with Crippen molar-refractivity contribution in [3.63, 3.8) is 0 Å². The average molecular weight is 270 g/mol. The Labute approximate surface area is 112 Å². The third-order valence-corrected chi connectivity index (χ3v) is 3.66. The molecule has 1 N–H and O–H groups in total. The van der Waals surface area contributed by atoms with Gasteiger partial charge in [0.15, 0.2) is 11.6 Å². The molecule has 19 heavy (non-hydrogen) atoms. The monoisotopic (exact) mass is 270 g/mol. The number of hydrogen-bond acceptors (Lipinski definition) is 2. The first-order valence-electron chi connectivity index (χ1n) is 6.80. The van der Waals surface area contributed by atoms with Gasteiger partial charge < -0.3 is 9.84 Å². The lowest BCUT2D eigenvalue weighted by atomic mass is 9.83. The summed E-state index contributed by atoms with van der Waals surface area (Å²) in [5.41, 5.74) is -0.249. The predicted octanol–water partition coefficient (Wildman–Crippen LogP) is 3.22. The van der Waals surface area contributed by atoms with E-state index in [1.54, 1.807) is 0 Å². The summed E-state index contributed by atoms with van der Waals surface area (Å²) in [5, 5.41) is 10.6. The van der Waals surface area contributed by atoms with Crippen LogP contribution in [0.4, 0.5) is 8.78 Å². The van der Waals surface area contributed by atoms with E-state index in [4.69, 9.17) is 4.74 Å². The van der Waals surface area contributed by atoms with E-state index in [2.05, 4.69) is 6.92 Å². The van der Waals surface area contributed by atoms with Gasteiger partial charge in [0.1, 0.15) is 0 Å². The van der Waals surface area contributed by atoms with Gasteiger partial charge in [-0.3, -0.25) is 0 Å². The van der Waals surface area contributed by atoms with E-state index in [9.17, 15) is 13.9 Å². The highest BCUT2D eigenvalue weighted by Crippen LogP contribution is 2.30. The minimum atomic E-state index is -0.873. The van der Waals surface area contributed by atoms with Gasteiger partial charge in [0.2, 0.25) is 0 Å². The van der Waals surface area contributed by atoms with Crippen molar-refractivity contribution in [2.75, 3.05) is 6.61 Å². The molecule has 0 bridgehead atoms. The van der Waals surface area contributed by atoms with Crippen molar-refractivity contribution in [1.29, 1.82) is 0 Å². The van der Waals surface area contributed by atoms with Crippen LogP contribution in [0.3, 0.4) is 0 Å². The Kier molecular flexibility index (Phi) is 4.53. The summed E-state index contributed by atoms with van der Waals surface area (Å²) in [7, 11) is 0. The van der Waals surface area contributed by atoms with Gasteiger partial charge in [-0.15, -0.1) is 0 Å². The number of hydrogen-bond donors (Lipinski definition) is 1. The zero-order valence-corrected chi connectivity index (χ0v) is 11.2. The number of aliphatic hydroxyl groups is 1. The van der Waals surface area contributed by atoms with Crippen LogP contribution in [0.5, 0.6) is 0 Å². The normalized spacial score (nSPS) is 27.5. The van der Waals surface area contributed by atoms with E-state index < -0.39 is 17.2 Å². The molecule has 2 atom stereocenters. The first-order chi connectivity index (χ1) is 9.02. The molecule has 0 aliphatic carbocycles. The quantitative estimate of drug-likeness (QED) is 0.910. The van der Waals surface area contributed by atoms with E-state index in [1.165, 1.54) is 6.07 Å². The number of ether oxygens (including phenoxy) is 1. The van der Waals surface area contributed by atoms with Crippen molar-refractivity contribution in [1.82, 2.24) is 0 Å². The molecule has 2 nitrogen and oxygen atoms in total. The maximum absolute atomic E-state index is 13.2. The zero-order valence-electron chi connectivity index (χ0n) is 11.2. The first kappa shape index (κ1) is 14.4. The van der Waals surface area contributed by atoms with Crippen LogP contribution in [-0.2, 0) is 11.2 Å².